The van der Waals surface area contributed by atoms with E-state index in [2.05, 4.69) is 0 Å². The number of benzene rings is 1. The third kappa shape index (κ3) is 2.72. The molecule has 0 aliphatic carbocycles. The number of methoxy groups -OCH3 is 1. The van der Waals surface area contributed by atoms with Crippen LogP contribution in [0.25, 0.3) is 0 Å². The van der Waals surface area contributed by atoms with Gasteiger partial charge < -0.3 is 9.64 Å². The number of likely N-dealkylation sites (tertiary alicyclic amines) is 1. The second-order valence-corrected chi connectivity index (χ2v) is 4.63. The highest BCUT2D eigenvalue weighted by atomic mass is 35.5. The van der Waals surface area contributed by atoms with Crippen LogP contribution in [-0.2, 0) is 0 Å². The van der Waals surface area contributed by atoms with E-state index < -0.39 is 0 Å². The van der Waals surface area contributed by atoms with Gasteiger partial charge in [-0.15, -0.1) is 0 Å². The fraction of sp³-hybridized carbons (Fsp3) is 0.462. The van der Waals surface area contributed by atoms with E-state index in [0.717, 1.165) is 25.9 Å². The number of amides is 1. The van der Waals surface area contributed by atoms with Gasteiger partial charge in [-0.25, -0.2) is 0 Å². The summed E-state index contributed by atoms with van der Waals surface area (Å²) in [5.74, 6) is 0.589. The summed E-state index contributed by atoms with van der Waals surface area (Å²) in [5, 5.41) is 0.581. The Morgan fingerprint density at radius 3 is 2.65 bits per heavy atom. The average Bonchev–Trinajstić information content (AvgIpc) is 2.39. The van der Waals surface area contributed by atoms with Crippen LogP contribution in [0.1, 0.15) is 29.6 Å². The van der Waals surface area contributed by atoms with Crippen LogP contribution in [0, 0.1) is 0 Å². The van der Waals surface area contributed by atoms with Gasteiger partial charge in [0.05, 0.1) is 12.7 Å². The van der Waals surface area contributed by atoms with Gasteiger partial charge in [0.15, 0.2) is 0 Å². The van der Waals surface area contributed by atoms with Crippen LogP contribution < -0.4 is 4.74 Å². The van der Waals surface area contributed by atoms with Crippen molar-refractivity contribution in [3.05, 3.63) is 28.8 Å². The Bertz CT molecular complexity index is 414. The summed E-state index contributed by atoms with van der Waals surface area (Å²) in [6.07, 6.45) is 3.38. The second-order valence-electron chi connectivity index (χ2n) is 4.20. The van der Waals surface area contributed by atoms with Crippen LogP contribution in [0.4, 0.5) is 0 Å². The standard InChI is InChI=1S/C13H16ClNO2/c1-17-12-9-10(14)5-6-11(12)13(16)15-7-3-2-4-8-15/h5-6,9H,2-4,7-8H2,1H3. The number of hydrogen-bond acceptors (Lipinski definition) is 2. The second kappa shape index (κ2) is 5.41. The molecular formula is C13H16ClNO2. The van der Waals surface area contributed by atoms with Crippen molar-refractivity contribution in [2.24, 2.45) is 0 Å². The minimum Gasteiger partial charge on any atom is -0.496 e. The molecule has 1 saturated heterocycles. The van der Waals surface area contributed by atoms with E-state index in [9.17, 15) is 4.79 Å². The van der Waals surface area contributed by atoms with Crippen molar-refractivity contribution < 1.29 is 9.53 Å². The Labute approximate surface area is 106 Å². The van der Waals surface area contributed by atoms with E-state index in [-0.39, 0.29) is 5.91 Å². The molecule has 0 radical (unpaired) electrons. The Morgan fingerprint density at radius 2 is 2.00 bits per heavy atom. The van der Waals surface area contributed by atoms with Crippen LogP contribution >= 0.6 is 11.6 Å². The monoisotopic (exact) mass is 253 g/mol. The van der Waals surface area contributed by atoms with E-state index in [1.54, 1.807) is 25.3 Å². The van der Waals surface area contributed by atoms with Crippen molar-refractivity contribution >= 4 is 17.5 Å². The lowest BCUT2D eigenvalue weighted by atomic mass is 10.1. The lowest BCUT2D eigenvalue weighted by Gasteiger charge is -2.27. The van der Waals surface area contributed by atoms with Crippen molar-refractivity contribution in [2.75, 3.05) is 20.2 Å². The molecule has 0 atom stereocenters. The maximum Gasteiger partial charge on any atom is 0.257 e. The zero-order valence-corrected chi connectivity index (χ0v) is 10.7. The van der Waals surface area contributed by atoms with E-state index in [4.69, 9.17) is 16.3 Å². The van der Waals surface area contributed by atoms with Crippen molar-refractivity contribution in [3.8, 4) is 5.75 Å². The number of rotatable bonds is 2. The molecule has 17 heavy (non-hydrogen) atoms. The molecule has 0 aromatic heterocycles. The summed E-state index contributed by atoms with van der Waals surface area (Å²) in [5.41, 5.74) is 0.596. The molecule has 0 spiro atoms. The first-order valence-electron chi connectivity index (χ1n) is 5.85. The number of nitrogens with zero attached hydrogens (tertiary/aromatic N) is 1. The summed E-state index contributed by atoms with van der Waals surface area (Å²) < 4.78 is 5.21. The lowest BCUT2D eigenvalue weighted by Crippen LogP contribution is -2.35. The SMILES string of the molecule is COc1cc(Cl)ccc1C(=O)N1CCCCC1. The van der Waals surface area contributed by atoms with Crippen LogP contribution in [0.5, 0.6) is 5.75 Å². The molecule has 1 aliphatic rings. The summed E-state index contributed by atoms with van der Waals surface area (Å²) in [6.45, 7) is 1.68. The average molecular weight is 254 g/mol. The van der Waals surface area contributed by atoms with Crippen molar-refractivity contribution in [3.63, 3.8) is 0 Å². The summed E-state index contributed by atoms with van der Waals surface area (Å²) in [6, 6.07) is 5.14. The topological polar surface area (TPSA) is 29.5 Å². The summed E-state index contributed by atoms with van der Waals surface area (Å²) in [4.78, 5) is 14.2. The minimum absolute atomic E-state index is 0.0400. The molecule has 1 aliphatic heterocycles. The molecule has 4 heteroatoms. The van der Waals surface area contributed by atoms with Crippen LogP contribution in [0.2, 0.25) is 5.02 Å². The fourth-order valence-corrected chi connectivity index (χ4v) is 2.27. The first-order chi connectivity index (χ1) is 8.22. The van der Waals surface area contributed by atoms with Gasteiger partial charge in [-0.3, -0.25) is 4.79 Å². The molecule has 1 fully saturated rings. The molecule has 1 amide bonds. The van der Waals surface area contributed by atoms with Crippen molar-refractivity contribution in [1.82, 2.24) is 4.90 Å². The Morgan fingerprint density at radius 1 is 1.29 bits per heavy atom. The maximum absolute atomic E-state index is 12.3. The van der Waals surface area contributed by atoms with Gasteiger partial charge in [-0.1, -0.05) is 11.6 Å². The number of carbonyl (C=O) groups excluding carboxylic acids is 1. The van der Waals surface area contributed by atoms with Gasteiger partial charge in [-0.2, -0.15) is 0 Å². The smallest absolute Gasteiger partial charge is 0.257 e. The van der Waals surface area contributed by atoms with Gasteiger partial charge in [-0.05, 0) is 37.5 Å². The summed E-state index contributed by atoms with van der Waals surface area (Å²) >= 11 is 5.88. The van der Waals surface area contributed by atoms with Crippen LogP contribution in [0.3, 0.4) is 0 Å². The van der Waals surface area contributed by atoms with Gasteiger partial charge >= 0.3 is 0 Å². The molecule has 2 rings (SSSR count). The zero-order chi connectivity index (χ0) is 12.3. The number of piperidine rings is 1. The Hall–Kier alpha value is -1.22. The number of halogens is 1. The highest BCUT2D eigenvalue weighted by molar-refractivity contribution is 6.30. The molecule has 0 bridgehead atoms. The zero-order valence-electron chi connectivity index (χ0n) is 9.91. The molecule has 3 nitrogen and oxygen atoms in total. The number of carbonyl (C=O) groups is 1. The summed E-state index contributed by atoms with van der Waals surface area (Å²) in [7, 11) is 1.55. The van der Waals surface area contributed by atoms with Gasteiger partial charge in [0.25, 0.3) is 5.91 Å². The number of hydrogen-bond donors (Lipinski definition) is 0. The molecule has 0 saturated carbocycles. The molecule has 0 N–H and O–H groups in total. The molecule has 92 valence electrons. The molecular weight excluding hydrogens is 238 g/mol. The predicted octanol–water partition coefficient (Wildman–Crippen LogP) is 2.97. The van der Waals surface area contributed by atoms with E-state index in [0.29, 0.717) is 16.3 Å². The van der Waals surface area contributed by atoms with Crippen molar-refractivity contribution in [1.29, 1.82) is 0 Å². The van der Waals surface area contributed by atoms with E-state index >= 15 is 0 Å². The van der Waals surface area contributed by atoms with Gasteiger partial charge in [0.2, 0.25) is 0 Å². The molecule has 1 aromatic carbocycles. The predicted molar refractivity (Wildman–Crippen MR) is 67.8 cm³/mol. The van der Waals surface area contributed by atoms with Crippen LogP contribution in [-0.4, -0.2) is 31.0 Å². The fourth-order valence-electron chi connectivity index (χ4n) is 2.11. The quantitative estimate of drug-likeness (QED) is 0.811. The largest absolute Gasteiger partial charge is 0.496 e. The third-order valence-corrected chi connectivity index (χ3v) is 3.27. The van der Waals surface area contributed by atoms with E-state index in [1.807, 2.05) is 4.90 Å². The highest BCUT2D eigenvalue weighted by Crippen LogP contribution is 2.25. The maximum atomic E-state index is 12.3. The van der Waals surface area contributed by atoms with E-state index in [1.165, 1.54) is 6.42 Å². The van der Waals surface area contributed by atoms with Crippen molar-refractivity contribution in [2.45, 2.75) is 19.3 Å². The highest BCUT2D eigenvalue weighted by Gasteiger charge is 2.21. The molecule has 1 aromatic rings. The number of ether oxygens (including phenoxy) is 1. The lowest BCUT2D eigenvalue weighted by molar-refractivity contribution is 0.0721. The first kappa shape index (κ1) is 12.2. The Kier molecular flexibility index (Phi) is 3.89. The first-order valence-corrected chi connectivity index (χ1v) is 6.23. The third-order valence-electron chi connectivity index (χ3n) is 3.04. The van der Waals surface area contributed by atoms with Crippen LogP contribution in [0.15, 0.2) is 18.2 Å². The Balaban J connectivity index is 2.23. The minimum atomic E-state index is 0.0400. The molecule has 0 unspecified atom stereocenters. The van der Waals surface area contributed by atoms with Gasteiger partial charge in [0.1, 0.15) is 5.75 Å². The molecule has 1 heterocycles. The van der Waals surface area contributed by atoms with Gasteiger partial charge in [0, 0.05) is 18.1 Å². The normalized spacial score (nSPS) is 15.8.